The summed E-state index contributed by atoms with van der Waals surface area (Å²) in [5.74, 6) is 2.84. The molecule has 0 unspecified atom stereocenters. The Balaban J connectivity index is 0.000000138. The van der Waals surface area contributed by atoms with Gasteiger partial charge in [0.2, 0.25) is 0 Å². The fourth-order valence-corrected chi connectivity index (χ4v) is 13.3. The van der Waals surface area contributed by atoms with Crippen LogP contribution in [0.25, 0.3) is 119 Å². The van der Waals surface area contributed by atoms with Gasteiger partial charge >= 0.3 is 0 Å². The van der Waals surface area contributed by atoms with Gasteiger partial charge in [0.05, 0.1) is 66.9 Å². The molecule has 4 N–H and O–H groups in total. The van der Waals surface area contributed by atoms with Crippen molar-refractivity contribution < 1.29 is 24.1 Å². The number of hydrogen-bond donors (Lipinski definition) is 4. The van der Waals surface area contributed by atoms with Crippen LogP contribution in [0.2, 0.25) is 15.1 Å². The first-order chi connectivity index (χ1) is 59.2. The van der Waals surface area contributed by atoms with E-state index in [1.165, 1.54) is 0 Å². The molecule has 0 aliphatic carbocycles. The predicted molar refractivity (Wildman–Crippen MR) is 476 cm³/mol. The van der Waals surface area contributed by atoms with Gasteiger partial charge in [-0.1, -0.05) is 199 Å². The van der Waals surface area contributed by atoms with E-state index in [0.29, 0.717) is 86.3 Å². The number of fused-ring (bicyclic) bond motifs is 3. The Hall–Kier alpha value is -15.9. The number of carboxylic acids is 1. The summed E-state index contributed by atoms with van der Waals surface area (Å²) in [5, 5.41) is 54.4. The minimum Gasteiger partial charge on any atom is -0.489 e. The van der Waals surface area contributed by atoms with Crippen LogP contribution < -0.4 is 14.2 Å². The highest BCUT2D eigenvalue weighted by atomic mass is 35.5. The second-order valence-corrected chi connectivity index (χ2v) is 28.6. The number of para-hydroxylation sites is 9. The van der Waals surface area contributed by atoms with Gasteiger partial charge in [-0.25, -0.2) is 29.0 Å². The topological polar surface area (TPSA) is 276 Å². The molecule has 0 saturated carbocycles. The van der Waals surface area contributed by atoms with E-state index in [4.69, 9.17) is 74.2 Å². The number of benzene rings is 12. The summed E-state index contributed by atoms with van der Waals surface area (Å²) >= 11 is 18.0. The number of hydrogen-bond acceptors (Lipinski definition) is 13. The molecule has 0 amide bonds. The first-order valence-electron chi connectivity index (χ1n) is 38.0. The molecular weight excluding hydrogens is 1570 g/mol. The van der Waals surface area contributed by atoms with Crippen LogP contribution in [0.3, 0.4) is 0 Å². The number of carbonyl (C=O) groups is 1. The first kappa shape index (κ1) is 80.3. The number of nitrogens with zero attached hydrogens (tertiary/aromatic N) is 12. The molecule has 0 saturated heterocycles. The maximum atomic E-state index is 10.1. The fraction of sp³-hybridized carbons (Fsp3) is 0.0408. The number of ether oxygens (including phenoxy) is 3. The number of nitrogens with one attached hydrogen (secondary N) is 3. The van der Waals surface area contributed by atoms with E-state index in [1.807, 2.05) is 360 Å². The lowest BCUT2D eigenvalue weighted by atomic mass is 10.1. The van der Waals surface area contributed by atoms with Crippen LogP contribution in [0, 0.1) is 34.0 Å². The summed E-state index contributed by atoms with van der Waals surface area (Å²) < 4.78 is 23.7. The molecule has 0 aliphatic heterocycles. The normalized spacial score (nSPS) is 11.3. The summed E-state index contributed by atoms with van der Waals surface area (Å²) in [4.78, 5) is 32.6. The van der Waals surface area contributed by atoms with Gasteiger partial charge in [0.15, 0.2) is 0 Å². The third kappa shape index (κ3) is 20.5. The second kappa shape index (κ2) is 38.3. The minimum absolute atomic E-state index is 0.412. The van der Waals surface area contributed by atoms with Crippen molar-refractivity contribution in [3.05, 3.63) is 394 Å². The molecule has 0 aliphatic rings. The monoisotopic (exact) mass is 1640 g/mol. The highest BCUT2D eigenvalue weighted by Gasteiger charge is 2.20. The number of H-pyrrole nitrogens is 3. The van der Waals surface area contributed by atoms with Gasteiger partial charge in [-0.3, -0.25) is 4.79 Å². The van der Waals surface area contributed by atoms with Crippen molar-refractivity contribution >= 4 is 109 Å². The Labute approximate surface area is 710 Å². The number of rotatable bonds is 21. The van der Waals surface area contributed by atoms with E-state index in [-0.39, 0.29) is 0 Å². The zero-order valence-electron chi connectivity index (χ0n) is 64.6. The third-order valence-corrected chi connectivity index (χ3v) is 19.5. The largest absolute Gasteiger partial charge is 0.489 e. The van der Waals surface area contributed by atoms with Crippen LogP contribution in [0.15, 0.2) is 328 Å². The number of imidazole rings is 3. The summed E-state index contributed by atoms with van der Waals surface area (Å²) in [6.45, 7) is 2.32. The third-order valence-electron chi connectivity index (χ3n) is 18.8. The number of nitriles is 3. The zero-order valence-corrected chi connectivity index (χ0v) is 66.9. The van der Waals surface area contributed by atoms with Crippen LogP contribution in [-0.2, 0) is 24.6 Å². The van der Waals surface area contributed by atoms with Crippen molar-refractivity contribution in [1.82, 2.24) is 59.2 Å². The van der Waals surface area contributed by atoms with Crippen molar-refractivity contribution in [3.63, 3.8) is 0 Å². The van der Waals surface area contributed by atoms with Gasteiger partial charge in [0, 0.05) is 74.0 Å². The van der Waals surface area contributed by atoms with Crippen molar-refractivity contribution in [1.29, 1.82) is 15.8 Å². The number of halogens is 3. The van der Waals surface area contributed by atoms with Crippen molar-refractivity contribution in [3.8, 4) is 86.3 Å². The number of aromatic nitrogens is 12. The molecule has 20 nitrogen and oxygen atoms in total. The SMILES string of the molecule is CC(=O)O.N#C/C(=C/c1cn(-c2ccccc2)nc1-c1cccc(OCc2ccc(Cl)cc2)c1)c1nc2ccccc2[nH]1.N#C/C(=C/c1cn(-c2ccccc2)nc1-c1cccc(OCc2ccc(Cl)cc2)c1)c1nc2ccccc2[nH]1.N#C/C(=C/c1cn(-c2ccccc2)nc1-c1cccc(OCc2ccc(Cl)cc2)c1)c1nc2ccccc2[nH]1. The smallest absolute Gasteiger partial charge is 0.300 e. The molecule has 18 aromatic rings. The van der Waals surface area contributed by atoms with Gasteiger partial charge in [0.1, 0.15) is 89.8 Å². The molecule has 0 fully saturated rings. The Bertz CT molecular complexity index is 6160. The summed E-state index contributed by atoms with van der Waals surface area (Å²) in [7, 11) is 0. The molecule has 6 aromatic heterocycles. The van der Waals surface area contributed by atoms with Crippen molar-refractivity contribution in [2.24, 2.45) is 0 Å². The van der Waals surface area contributed by atoms with E-state index >= 15 is 0 Å². The summed E-state index contributed by atoms with van der Waals surface area (Å²) in [5.41, 5.74) is 19.2. The van der Waals surface area contributed by atoms with Crippen LogP contribution >= 0.6 is 34.8 Å². The number of aromatic amines is 3. The van der Waals surface area contributed by atoms with E-state index in [0.717, 1.165) is 124 Å². The Kier molecular flexibility index (Phi) is 25.4. The van der Waals surface area contributed by atoms with Gasteiger partial charge in [-0.05, 0) is 181 Å². The molecule has 12 aromatic carbocycles. The average Bonchev–Trinajstić information content (AvgIpc) is 1.66. The molecule has 0 atom stereocenters. The molecule has 0 spiro atoms. The molecule has 18 rings (SSSR count). The number of allylic oxidation sites excluding steroid dienone is 3. The van der Waals surface area contributed by atoms with Crippen LogP contribution in [0.1, 0.15) is 57.8 Å². The fourth-order valence-electron chi connectivity index (χ4n) is 12.9. The molecule has 588 valence electrons. The zero-order chi connectivity index (χ0) is 83.4. The molecule has 0 bridgehead atoms. The standard InChI is InChI=1S/3C32H22ClN5O.C2H4O2/c3*33-26-15-13-22(14-16-26)21-39-28-10-6-7-23(18-28)31-25(20-38(37-31)27-8-2-1-3-9-27)17-24(19-34)32-35-29-11-4-5-12-30(29)36-32;1-2(3)4/h3*1-18,20H,21H2,(H,35,36);1H3,(H,3,4)/b3*24-17-;. The molecule has 121 heavy (non-hydrogen) atoms. The predicted octanol–water partition coefficient (Wildman–Crippen LogP) is 23.2. The molecular formula is C98H70Cl3N15O5. The summed E-state index contributed by atoms with van der Waals surface area (Å²) in [6, 6.07) is 106. The lowest BCUT2D eigenvalue weighted by Crippen LogP contribution is -1.96. The molecule has 0 radical (unpaired) electrons. The maximum Gasteiger partial charge on any atom is 0.300 e. The van der Waals surface area contributed by atoms with Gasteiger partial charge in [-0.15, -0.1) is 0 Å². The minimum atomic E-state index is -0.833. The number of aliphatic carboxylic acids is 1. The van der Waals surface area contributed by atoms with Crippen molar-refractivity contribution in [2.75, 3.05) is 0 Å². The maximum absolute atomic E-state index is 10.1. The van der Waals surface area contributed by atoms with Crippen molar-refractivity contribution in [2.45, 2.75) is 26.7 Å². The van der Waals surface area contributed by atoms with E-state index in [1.54, 1.807) is 0 Å². The highest BCUT2D eigenvalue weighted by Crippen LogP contribution is 2.36. The average molecular weight is 1640 g/mol. The highest BCUT2D eigenvalue weighted by molar-refractivity contribution is 6.31. The lowest BCUT2D eigenvalue weighted by molar-refractivity contribution is -0.134. The summed E-state index contributed by atoms with van der Waals surface area (Å²) in [6.07, 6.45) is 11.2. The van der Waals surface area contributed by atoms with E-state index in [2.05, 4.69) is 48.1 Å². The Morgan fingerprint density at radius 3 is 0.876 bits per heavy atom. The van der Waals surface area contributed by atoms with Crippen LogP contribution in [0.4, 0.5) is 0 Å². The Morgan fingerprint density at radius 2 is 0.620 bits per heavy atom. The second-order valence-electron chi connectivity index (χ2n) is 27.3. The van der Waals surface area contributed by atoms with Crippen LogP contribution in [-0.4, -0.2) is 70.3 Å². The Morgan fingerprint density at radius 1 is 0.364 bits per heavy atom. The van der Waals surface area contributed by atoms with E-state index in [9.17, 15) is 15.8 Å². The number of carboxylic acid groups (broad SMARTS) is 1. The van der Waals surface area contributed by atoms with Gasteiger partial charge in [-0.2, -0.15) is 31.1 Å². The van der Waals surface area contributed by atoms with Crippen LogP contribution in [0.5, 0.6) is 17.2 Å². The van der Waals surface area contributed by atoms with Gasteiger partial charge in [0.25, 0.3) is 5.97 Å². The molecule has 23 heteroatoms. The first-order valence-corrected chi connectivity index (χ1v) is 39.1. The van der Waals surface area contributed by atoms with E-state index < -0.39 is 5.97 Å². The quantitative estimate of drug-likeness (QED) is 0.0487. The lowest BCUT2D eigenvalue weighted by Gasteiger charge is -2.08. The molecule has 6 heterocycles. The van der Waals surface area contributed by atoms with Gasteiger partial charge < -0.3 is 34.3 Å².